The number of rotatable bonds is 3. The van der Waals surface area contributed by atoms with E-state index in [1.165, 1.54) is 29.8 Å². The molecule has 0 unspecified atom stereocenters. The normalized spacial score (nSPS) is 11.4. The minimum Gasteiger partial charge on any atom is -0.206 e. The smallest absolute Gasteiger partial charge is 0.133 e. The molecule has 0 saturated heterocycles. The zero-order valence-corrected chi connectivity index (χ0v) is 11.0. The monoisotopic (exact) mass is 258 g/mol. The first-order valence-electron chi connectivity index (χ1n) is 6.30. The number of hydrogen-bond donors (Lipinski definition) is 0. The summed E-state index contributed by atoms with van der Waals surface area (Å²) in [4.78, 5) is 0. The van der Waals surface area contributed by atoms with E-state index >= 15 is 0 Å². The van der Waals surface area contributed by atoms with Crippen molar-refractivity contribution in [3.05, 3.63) is 70.8 Å². The highest BCUT2D eigenvalue weighted by molar-refractivity contribution is 5.70. The zero-order chi connectivity index (χ0) is 13.8. The van der Waals surface area contributed by atoms with Crippen LogP contribution in [-0.4, -0.2) is 0 Å². The van der Waals surface area contributed by atoms with Crippen molar-refractivity contribution in [2.75, 3.05) is 0 Å². The van der Waals surface area contributed by atoms with Gasteiger partial charge in [0.1, 0.15) is 11.6 Å². The summed E-state index contributed by atoms with van der Waals surface area (Å²) in [6.07, 6.45) is 3.18. The molecule has 0 N–H and O–H groups in total. The molecule has 0 aromatic heterocycles. The fraction of sp³-hybridized carbons (Fsp3) is 0.176. The molecule has 2 aromatic carbocycles. The average Bonchev–Trinajstić information content (AvgIpc) is 2.38. The van der Waals surface area contributed by atoms with Gasteiger partial charge in [0, 0.05) is 5.56 Å². The lowest BCUT2D eigenvalue weighted by Gasteiger charge is -2.04. The first-order chi connectivity index (χ1) is 9.08. The highest BCUT2D eigenvalue weighted by atomic mass is 19.1. The van der Waals surface area contributed by atoms with E-state index in [1.807, 2.05) is 24.3 Å². The molecule has 0 bridgehead atoms. The molecule has 0 fully saturated rings. The Morgan fingerprint density at radius 1 is 0.842 bits per heavy atom. The van der Waals surface area contributed by atoms with Crippen LogP contribution in [0.4, 0.5) is 8.78 Å². The standard InChI is InChI=1S/C17H16F2/c1-12(2)14-9-6-13(7-10-14)8-11-15-16(18)4-3-5-17(15)19/h3-12H,1-2H3/b11-8+. The van der Waals surface area contributed by atoms with Gasteiger partial charge in [-0.15, -0.1) is 0 Å². The van der Waals surface area contributed by atoms with E-state index in [0.717, 1.165) is 5.56 Å². The van der Waals surface area contributed by atoms with Gasteiger partial charge in [-0.25, -0.2) is 8.78 Å². The summed E-state index contributed by atoms with van der Waals surface area (Å²) in [6.45, 7) is 4.25. The molecule has 2 heteroatoms. The maximum Gasteiger partial charge on any atom is 0.133 e. The summed E-state index contributed by atoms with van der Waals surface area (Å²) < 4.78 is 26.9. The Bertz CT molecular complexity index is 560. The largest absolute Gasteiger partial charge is 0.206 e. The van der Waals surface area contributed by atoms with Crippen molar-refractivity contribution in [3.63, 3.8) is 0 Å². The summed E-state index contributed by atoms with van der Waals surface area (Å²) in [5, 5.41) is 0. The van der Waals surface area contributed by atoms with Gasteiger partial charge in [-0.05, 0) is 35.3 Å². The van der Waals surface area contributed by atoms with E-state index < -0.39 is 11.6 Å². The van der Waals surface area contributed by atoms with Crippen LogP contribution in [0.25, 0.3) is 12.2 Å². The van der Waals surface area contributed by atoms with Crippen molar-refractivity contribution in [2.45, 2.75) is 19.8 Å². The quantitative estimate of drug-likeness (QED) is 0.659. The van der Waals surface area contributed by atoms with Gasteiger partial charge in [-0.3, -0.25) is 0 Å². The fourth-order valence-electron chi connectivity index (χ4n) is 1.84. The van der Waals surface area contributed by atoms with Gasteiger partial charge >= 0.3 is 0 Å². The van der Waals surface area contributed by atoms with Crippen LogP contribution < -0.4 is 0 Å². The van der Waals surface area contributed by atoms with Crippen LogP contribution in [0.15, 0.2) is 42.5 Å². The van der Waals surface area contributed by atoms with Crippen LogP contribution in [0.2, 0.25) is 0 Å². The molecule has 0 atom stereocenters. The van der Waals surface area contributed by atoms with E-state index in [4.69, 9.17) is 0 Å². The zero-order valence-electron chi connectivity index (χ0n) is 11.0. The maximum absolute atomic E-state index is 13.4. The molecule has 0 aliphatic carbocycles. The van der Waals surface area contributed by atoms with Crippen LogP contribution >= 0.6 is 0 Å². The highest BCUT2D eigenvalue weighted by Crippen LogP contribution is 2.18. The molecule has 2 aromatic rings. The van der Waals surface area contributed by atoms with Crippen LogP contribution in [0, 0.1) is 11.6 Å². The maximum atomic E-state index is 13.4. The molecule has 0 amide bonds. The number of halogens is 2. The van der Waals surface area contributed by atoms with Gasteiger partial charge in [-0.2, -0.15) is 0 Å². The third-order valence-electron chi connectivity index (χ3n) is 3.05. The molecule has 0 radical (unpaired) electrons. The fourth-order valence-corrected chi connectivity index (χ4v) is 1.84. The van der Waals surface area contributed by atoms with Crippen molar-refractivity contribution in [1.82, 2.24) is 0 Å². The molecular formula is C17H16F2. The Hall–Kier alpha value is -1.96. The lowest BCUT2D eigenvalue weighted by Crippen LogP contribution is -1.88. The Morgan fingerprint density at radius 3 is 1.95 bits per heavy atom. The summed E-state index contributed by atoms with van der Waals surface area (Å²) in [6, 6.07) is 11.8. The topological polar surface area (TPSA) is 0 Å². The molecule has 0 nitrogen and oxygen atoms in total. The predicted molar refractivity (Wildman–Crippen MR) is 75.8 cm³/mol. The van der Waals surface area contributed by atoms with Gasteiger partial charge < -0.3 is 0 Å². The molecule has 0 saturated carbocycles. The molecular weight excluding hydrogens is 242 g/mol. The molecule has 19 heavy (non-hydrogen) atoms. The van der Waals surface area contributed by atoms with E-state index in [9.17, 15) is 8.78 Å². The molecule has 0 aliphatic rings. The first kappa shape index (κ1) is 13.5. The van der Waals surface area contributed by atoms with Crippen LogP contribution in [0.5, 0.6) is 0 Å². The second kappa shape index (κ2) is 5.79. The summed E-state index contributed by atoms with van der Waals surface area (Å²) in [7, 11) is 0. The van der Waals surface area contributed by atoms with Crippen molar-refractivity contribution in [2.24, 2.45) is 0 Å². The van der Waals surface area contributed by atoms with Crippen LogP contribution in [-0.2, 0) is 0 Å². The minimum absolute atomic E-state index is 0.00423. The van der Waals surface area contributed by atoms with E-state index in [1.54, 1.807) is 6.08 Å². The highest BCUT2D eigenvalue weighted by Gasteiger charge is 2.04. The minimum atomic E-state index is -0.546. The Kier molecular flexibility index (Phi) is 4.10. The lowest BCUT2D eigenvalue weighted by molar-refractivity contribution is 0.579. The van der Waals surface area contributed by atoms with E-state index in [2.05, 4.69) is 13.8 Å². The summed E-state index contributed by atoms with van der Waals surface area (Å²) in [5.74, 6) is -0.618. The molecule has 98 valence electrons. The molecule has 0 aliphatic heterocycles. The second-order valence-corrected chi connectivity index (χ2v) is 4.79. The molecule has 2 rings (SSSR count). The summed E-state index contributed by atoms with van der Waals surface area (Å²) >= 11 is 0. The third-order valence-corrected chi connectivity index (χ3v) is 3.05. The number of benzene rings is 2. The van der Waals surface area contributed by atoms with Gasteiger partial charge in [0.25, 0.3) is 0 Å². The Labute approximate surface area is 112 Å². The van der Waals surface area contributed by atoms with Gasteiger partial charge in [0.2, 0.25) is 0 Å². The summed E-state index contributed by atoms with van der Waals surface area (Å²) in [5.41, 5.74) is 2.16. The van der Waals surface area contributed by atoms with Gasteiger partial charge in [0.15, 0.2) is 0 Å². The Balaban J connectivity index is 2.23. The van der Waals surface area contributed by atoms with Crippen molar-refractivity contribution >= 4 is 12.2 Å². The Morgan fingerprint density at radius 2 is 1.42 bits per heavy atom. The van der Waals surface area contributed by atoms with Crippen molar-refractivity contribution in [3.8, 4) is 0 Å². The predicted octanol–water partition coefficient (Wildman–Crippen LogP) is 5.26. The lowest BCUT2D eigenvalue weighted by atomic mass is 10.0. The van der Waals surface area contributed by atoms with E-state index in [-0.39, 0.29) is 5.56 Å². The number of hydrogen-bond acceptors (Lipinski definition) is 0. The van der Waals surface area contributed by atoms with Crippen LogP contribution in [0.3, 0.4) is 0 Å². The van der Waals surface area contributed by atoms with Gasteiger partial charge in [0.05, 0.1) is 0 Å². The van der Waals surface area contributed by atoms with Crippen molar-refractivity contribution in [1.29, 1.82) is 0 Å². The van der Waals surface area contributed by atoms with Crippen molar-refractivity contribution < 1.29 is 8.78 Å². The van der Waals surface area contributed by atoms with E-state index in [0.29, 0.717) is 5.92 Å². The molecule has 0 spiro atoms. The molecule has 0 heterocycles. The average molecular weight is 258 g/mol. The first-order valence-corrected chi connectivity index (χ1v) is 6.30. The third kappa shape index (κ3) is 3.28. The van der Waals surface area contributed by atoms with Gasteiger partial charge in [-0.1, -0.05) is 50.3 Å². The SMILES string of the molecule is CC(C)c1ccc(/C=C/c2c(F)cccc2F)cc1. The van der Waals surface area contributed by atoms with Crippen LogP contribution in [0.1, 0.15) is 36.5 Å². The second-order valence-electron chi connectivity index (χ2n) is 4.79.